The van der Waals surface area contributed by atoms with Crippen LogP contribution in [0.25, 0.3) is 0 Å². The van der Waals surface area contributed by atoms with E-state index >= 15 is 0 Å². The molecule has 0 aromatic heterocycles. The molecule has 3 heterocycles. The number of rotatable bonds is 7. The Labute approximate surface area is 276 Å². The van der Waals surface area contributed by atoms with Crippen molar-refractivity contribution in [2.24, 2.45) is 17.3 Å². The zero-order valence-electron chi connectivity index (χ0n) is 30.3. The van der Waals surface area contributed by atoms with Crippen molar-refractivity contribution >= 4 is 17.7 Å². The van der Waals surface area contributed by atoms with Gasteiger partial charge in [-0.1, -0.05) is 13.8 Å². The Kier molecular flexibility index (Phi) is 12.9. The van der Waals surface area contributed by atoms with Gasteiger partial charge in [-0.05, 0) is 87.1 Å². The summed E-state index contributed by atoms with van der Waals surface area (Å²) in [6.45, 7) is 15.6. The molecule has 0 bridgehead atoms. The molecule has 8 atom stereocenters. The zero-order chi connectivity index (χ0) is 34.7. The van der Waals surface area contributed by atoms with Crippen LogP contribution in [-0.2, 0) is 33.3 Å². The third kappa shape index (κ3) is 8.49. The largest absolute Gasteiger partial charge is 0.459 e. The van der Waals surface area contributed by atoms with Crippen LogP contribution >= 0.6 is 0 Å². The second kappa shape index (κ2) is 15.4. The van der Waals surface area contributed by atoms with Gasteiger partial charge in [0.25, 0.3) is 0 Å². The summed E-state index contributed by atoms with van der Waals surface area (Å²) < 4.78 is 24.9. The van der Waals surface area contributed by atoms with E-state index in [0.717, 1.165) is 11.3 Å². The minimum absolute atomic E-state index is 0.0168. The molecule has 0 saturated carbocycles. The van der Waals surface area contributed by atoms with E-state index in [9.17, 15) is 19.5 Å². The Morgan fingerprint density at radius 3 is 2.26 bits per heavy atom. The number of methoxy groups -OCH3 is 1. The summed E-state index contributed by atoms with van der Waals surface area (Å²) in [5.41, 5.74) is -0.536. The van der Waals surface area contributed by atoms with Gasteiger partial charge in [-0.25, -0.2) is 0 Å². The summed E-state index contributed by atoms with van der Waals surface area (Å²) in [7, 11) is 9.17. The molecule has 0 aromatic carbocycles. The van der Waals surface area contributed by atoms with Crippen molar-refractivity contribution in [3.05, 3.63) is 11.3 Å². The van der Waals surface area contributed by atoms with Crippen LogP contribution in [0.15, 0.2) is 11.3 Å². The van der Waals surface area contributed by atoms with Crippen molar-refractivity contribution in [1.82, 2.24) is 19.6 Å². The Bertz CT molecular complexity index is 1120. The summed E-state index contributed by atoms with van der Waals surface area (Å²) in [6, 6.07) is -0.196. The lowest BCUT2D eigenvalue weighted by atomic mass is 9.74. The van der Waals surface area contributed by atoms with E-state index < -0.39 is 41.4 Å². The van der Waals surface area contributed by atoms with Gasteiger partial charge in [0, 0.05) is 45.2 Å². The Morgan fingerprint density at radius 2 is 1.72 bits per heavy atom. The second-order valence-electron chi connectivity index (χ2n) is 14.9. The van der Waals surface area contributed by atoms with Gasteiger partial charge in [0.15, 0.2) is 12.1 Å². The maximum Gasteiger partial charge on any atom is 0.319 e. The van der Waals surface area contributed by atoms with E-state index in [4.69, 9.17) is 18.9 Å². The number of hydrogen-bond acceptors (Lipinski definition) is 11. The molecule has 3 saturated heterocycles. The first kappa shape index (κ1) is 38.4. The van der Waals surface area contributed by atoms with Crippen molar-refractivity contribution in [3.8, 4) is 0 Å². The van der Waals surface area contributed by atoms with E-state index in [2.05, 4.69) is 18.7 Å². The summed E-state index contributed by atoms with van der Waals surface area (Å²) in [4.78, 5) is 48.4. The number of aliphatic hydroxyl groups is 1. The molecule has 0 aliphatic carbocycles. The second-order valence-corrected chi connectivity index (χ2v) is 14.9. The number of ether oxygens (including phenoxy) is 4. The highest BCUT2D eigenvalue weighted by Gasteiger charge is 2.51. The first-order valence-corrected chi connectivity index (χ1v) is 16.7. The van der Waals surface area contributed by atoms with Gasteiger partial charge in [-0.15, -0.1) is 0 Å². The summed E-state index contributed by atoms with van der Waals surface area (Å²) >= 11 is 0. The van der Waals surface area contributed by atoms with Crippen molar-refractivity contribution in [3.63, 3.8) is 0 Å². The van der Waals surface area contributed by atoms with Crippen molar-refractivity contribution < 1.29 is 38.4 Å². The predicted octanol–water partition coefficient (Wildman–Crippen LogP) is 2.00. The highest BCUT2D eigenvalue weighted by atomic mass is 16.7. The zero-order valence-corrected chi connectivity index (χ0v) is 30.3. The first-order chi connectivity index (χ1) is 21.4. The van der Waals surface area contributed by atoms with Crippen LogP contribution in [0.1, 0.15) is 61.3 Å². The van der Waals surface area contributed by atoms with Crippen LogP contribution in [0.4, 0.5) is 0 Å². The number of likely N-dealkylation sites (tertiary alicyclic amines) is 1. The minimum atomic E-state index is -1.49. The molecule has 0 spiro atoms. The standard InChI is InChI=1S/C34H60N4O8/c1-13-37-16-21(2)15-34(7,43-12)30(46-31-28(40)25(36(10)11)14-22(3)45-31)23(4)29(41)33(5,6)32(42)44-20-26(37)24-17-38(18-24)27(39)19-35(8)9/h21-23,25,28,30-31,40H,13-20H2,1-12H3/t21-,22-,23+,25?,28-,30-,31+,34-/m1/s1. The summed E-state index contributed by atoms with van der Waals surface area (Å²) in [6.07, 6.45) is -1.80. The van der Waals surface area contributed by atoms with Gasteiger partial charge in [0.05, 0.1) is 30.1 Å². The fourth-order valence-corrected chi connectivity index (χ4v) is 7.15. The number of carbonyl (C=O) groups excluding carboxylic acids is 3. The van der Waals surface area contributed by atoms with Gasteiger partial charge >= 0.3 is 5.97 Å². The number of amides is 1. The van der Waals surface area contributed by atoms with Gasteiger partial charge in [-0.3, -0.25) is 14.4 Å². The number of hydrogen-bond donors (Lipinski definition) is 1. The fraction of sp³-hybridized carbons (Fsp3) is 0.853. The molecule has 3 aliphatic heterocycles. The quantitative estimate of drug-likeness (QED) is 0.321. The topological polar surface area (TPSA) is 121 Å². The van der Waals surface area contributed by atoms with E-state index in [1.165, 1.54) is 0 Å². The van der Waals surface area contributed by atoms with E-state index in [-0.39, 0.29) is 36.4 Å². The SMILES string of the molecule is CCN1C[C@H](C)C[C@@](C)(OC)[C@H](O[C@@H]2O[C@H](C)CC(N(C)C)[C@H]2O)[C@@H](C)C(=O)C(C)(C)C(=O)OCC1=C1CN(C(=O)CN(C)C)C1. The van der Waals surface area contributed by atoms with Gasteiger partial charge < -0.3 is 43.7 Å². The summed E-state index contributed by atoms with van der Waals surface area (Å²) in [5.74, 6) is -1.65. The molecule has 264 valence electrons. The lowest BCUT2D eigenvalue weighted by Gasteiger charge is -2.47. The Hall–Kier alpha value is -2.09. The maximum absolute atomic E-state index is 14.2. The molecule has 3 rings (SSSR count). The lowest BCUT2D eigenvalue weighted by Crippen LogP contribution is -2.59. The molecule has 3 aliphatic rings. The molecule has 3 fully saturated rings. The molecule has 1 amide bonds. The first-order valence-electron chi connectivity index (χ1n) is 16.7. The third-order valence-corrected chi connectivity index (χ3v) is 9.98. The van der Waals surface area contributed by atoms with E-state index in [1.54, 1.807) is 32.8 Å². The minimum Gasteiger partial charge on any atom is -0.459 e. The monoisotopic (exact) mass is 652 g/mol. The number of carbonyl (C=O) groups is 3. The Balaban J connectivity index is 2.01. The van der Waals surface area contributed by atoms with Crippen LogP contribution < -0.4 is 0 Å². The number of cyclic esters (lactones) is 1. The van der Waals surface area contributed by atoms with E-state index in [0.29, 0.717) is 45.6 Å². The van der Waals surface area contributed by atoms with Crippen LogP contribution in [-0.4, -0.2) is 153 Å². The molecule has 12 nitrogen and oxygen atoms in total. The van der Waals surface area contributed by atoms with Crippen LogP contribution in [0.3, 0.4) is 0 Å². The smallest absolute Gasteiger partial charge is 0.319 e. The molecule has 0 radical (unpaired) electrons. The third-order valence-electron chi connectivity index (χ3n) is 9.98. The molecule has 0 aromatic rings. The highest BCUT2D eigenvalue weighted by Crippen LogP contribution is 2.38. The average molecular weight is 653 g/mol. The number of nitrogens with zero attached hydrogens (tertiary/aromatic N) is 4. The van der Waals surface area contributed by atoms with Crippen molar-refractivity contribution in [2.45, 2.75) is 97.6 Å². The molecule has 1 N–H and O–H groups in total. The van der Waals surface area contributed by atoms with E-state index in [1.807, 2.05) is 51.8 Å². The maximum atomic E-state index is 14.2. The van der Waals surface area contributed by atoms with Crippen molar-refractivity contribution in [1.29, 1.82) is 0 Å². The number of ketones is 1. The van der Waals surface area contributed by atoms with Gasteiger partial charge in [0.1, 0.15) is 18.1 Å². The molecular formula is C34H60N4O8. The average Bonchev–Trinajstić information content (AvgIpc) is 2.95. The molecule has 46 heavy (non-hydrogen) atoms. The van der Waals surface area contributed by atoms with Crippen molar-refractivity contribution in [2.75, 3.05) is 74.6 Å². The lowest BCUT2D eigenvalue weighted by molar-refractivity contribution is -0.295. The fourth-order valence-electron chi connectivity index (χ4n) is 7.15. The number of aliphatic hydroxyl groups excluding tert-OH is 1. The van der Waals surface area contributed by atoms with Gasteiger partial charge in [-0.2, -0.15) is 0 Å². The highest BCUT2D eigenvalue weighted by molar-refractivity contribution is 6.04. The number of esters is 1. The number of likely N-dealkylation sites (N-methyl/N-ethyl adjacent to an activating group) is 3. The predicted molar refractivity (Wildman–Crippen MR) is 175 cm³/mol. The van der Waals surface area contributed by atoms with Gasteiger partial charge in [0.2, 0.25) is 5.91 Å². The van der Waals surface area contributed by atoms with Crippen LogP contribution in [0.5, 0.6) is 0 Å². The molecule has 12 heteroatoms. The van der Waals surface area contributed by atoms with Crippen LogP contribution in [0.2, 0.25) is 0 Å². The molecule has 1 unspecified atom stereocenters. The normalized spacial score (nSPS) is 35.0. The molecular weight excluding hydrogens is 592 g/mol. The Morgan fingerprint density at radius 1 is 1.09 bits per heavy atom. The summed E-state index contributed by atoms with van der Waals surface area (Å²) in [5, 5.41) is 11.3. The van der Waals surface area contributed by atoms with Crippen LogP contribution in [0, 0.1) is 17.3 Å². The number of Topliss-reactive ketones (excluding diaryl/α,β-unsaturated/α-hetero) is 1.